The van der Waals surface area contributed by atoms with E-state index in [4.69, 9.17) is 16.6 Å². The molecule has 0 saturated carbocycles. The van der Waals surface area contributed by atoms with Crippen LogP contribution in [0.1, 0.15) is 34.3 Å². The summed E-state index contributed by atoms with van der Waals surface area (Å²) in [6, 6.07) is 9.66. The molecule has 1 aliphatic rings. The highest BCUT2D eigenvalue weighted by molar-refractivity contribution is 7.18. The van der Waals surface area contributed by atoms with E-state index in [0.717, 1.165) is 42.2 Å². The highest BCUT2D eigenvalue weighted by Crippen LogP contribution is 2.34. The maximum Gasteiger partial charge on any atom is 0.270 e. The molecule has 1 aliphatic heterocycles. The predicted octanol–water partition coefficient (Wildman–Crippen LogP) is 4.31. The Morgan fingerprint density at radius 2 is 2.08 bits per heavy atom. The second kappa shape index (κ2) is 6.22. The van der Waals surface area contributed by atoms with Gasteiger partial charge in [-0.05, 0) is 43.2 Å². The van der Waals surface area contributed by atoms with Gasteiger partial charge in [-0.3, -0.25) is 4.79 Å². The maximum atomic E-state index is 12.6. The average Bonchev–Trinajstić information content (AvgIpc) is 3.20. The number of rotatable bonds is 2. The number of carbonyl (C=O) groups excluding carboxylic acids is 1. The van der Waals surface area contributed by atoms with E-state index >= 15 is 0 Å². The number of hydrogen-bond donors (Lipinski definition) is 0. The first-order chi connectivity index (χ1) is 11.6. The first kappa shape index (κ1) is 15.7. The summed E-state index contributed by atoms with van der Waals surface area (Å²) in [5, 5.41) is 1.89. The summed E-state index contributed by atoms with van der Waals surface area (Å²) in [5.74, 6) is 0.552. The molecule has 1 aromatic carbocycles. The van der Waals surface area contributed by atoms with E-state index in [0.29, 0.717) is 5.92 Å². The summed E-state index contributed by atoms with van der Waals surface area (Å²) in [7, 11) is 1.91. The third-order valence-electron chi connectivity index (χ3n) is 4.66. The third-order valence-corrected chi connectivity index (χ3v) is 6.09. The number of nitrogens with zero attached hydrogens (tertiary/aromatic N) is 3. The fourth-order valence-corrected chi connectivity index (χ4v) is 4.55. The molecule has 2 aromatic heterocycles. The Morgan fingerprint density at radius 1 is 1.29 bits per heavy atom. The van der Waals surface area contributed by atoms with E-state index < -0.39 is 0 Å². The Balaban J connectivity index is 1.47. The summed E-state index contributed by atoms with van der Waals surface area (Å²) in [6.45, 7) is 1.57. The van der Waals surface area contributed by atoms with Gasteiger partial charge in [0, 0.05) is 37.3 Å². The molecule has 0 atom stereocenters. The van der Waals surface area contributed by atoms with Crippen molar-refractivity contribution in [2.75, 3.05) is 13.1 Å². The minimum atomic E-state index is 0.122. The van der Waals surface area contributed by atoms with Gasteiger partial charge in [-0.2, -0.15) is 0 Å². The van der Waals surface area contributed by atoms with E-state index in [1.165, 1.54) is 9.71 Å². The van der Waals surface area contributed by atoms with Crippen molar-refractivity contribution in [3.05, 3.63) is 52.3 Å². The van der Waals surface area contributed by atoms with Gasteiger partial charge in [0.05, 0.1) is 15.2 Å². The molecule has 3 aromatic rings. The Hall–Kier alpha value is -1.85. The summed E-state index contributed by atoms with van der Waals surface area (Å²) in [5.41, 5.74) is 1.73. The Kier molecular flexibility index (Phi) is 4.06. The van der Waals surface area contributed by atoms with Crippen LogP contribution in [0.15, 0.2) is 36.5 Å². The lowest BCUT2D eigenvalue weighted by atomic mass is 9.97. The van der Waals surface area contributed by atoms with Crippen LogP contribution in [0.2, 0.25) is 5.02 Å². The number of aromatic nitrogens is 2. The lowest BCUT2D eigenvalue weighted by Gasteiger charge is -2.31. The van der Waals surface area contributed by atoms with Gasteiger partial charge in [0.2, 0.25) is 0 Å². The lowest BCUT2D eigenvalue weighted by molar-refractivity contribution is 0.0703. The average molecular weight is 360 g/mol. The van der Waals surface area contributed by atoms with Crippen molar-refractivity contribution in [1.29, 1.82) is 0 Å². The van der Waals surface area contributed by atoms with E-state index in [-0.39, 0.29) is 5.91 Å². The largest absolute Gasteiger partial charge is 0.347 e. The molecule has 0 N–H and O–H groups in total. The summed E-state index contributed by atoms with van der Waals surface area (Å²) >= 11 is 7.79. The lowest BCUT2D eigenvalue weighted by Crippen LogP contribution is -2.38. The van der Waals surface area contributed by atoms with Crippen molar-refractivity contribution in [2.24, 2.45) is 7.05 Å². The fourth-order valence-electron chi connectivity index (χ4n) is 3.27. The number of likely N-dealkylation sites (tertiary alicyclic amines) is 1. The van der Waals surface area contributed by atoms with Gasteiger partial charge in [0.15, 0.2) is 0 Å². The van der Waals surface area contributed by atoms with Crippen LogP contribution >= 0.6 is 22.9 Å². The zero-order valence-electron chi connectivity index (χ0n) is 13.4. The van der Waals surface area contributed by atoms with Crippen LogP contribution in [0.5, 0.6) is 0 Å². The van der Waals surface area contributed by atoms with Gasteiger partial charge in [-0.15, -0.1) is 11.3 Å². The first-order valence-electron chi connectivity index (χ1n) is 8.08. The number of halogens is 1. The molecule has 0 unspecified atom stereocenters. The topological polar surface area (TPSA) is 38.1 Å². The van der Waals surface area contributed by atoms with Crippen molar-refractivity contribution in [3.8, 4) is 0 Å². The zero-order valence-corrected chi connectivity index (χ0v) is 15.0. The molecule has 0 aliphatic carbocycles. The van der Waals surface area contributed by atoms with Gasteiger partial charge in [-0.1, -0.05) is 11.6 Å². The van der Waals surface area contributed by atoms with E-state index in [2.05, 4.69) is 0 Å². The van der Waals surface area contributed by atoms with Crippen LogP contribution in [0.3, 0.4) is 0 Å². The maximum absolute atomic E-state index is 12.6. The quantitative estimate of drug-likeness (QED) is 0.683. The van der Waals surface area contributed by atoms with Crippen LogP contribution < -0.4 is 0 Å². The number of carbonyl (C=O) groups is 1. The van der Waals surface area contributed by atoms with Crippen molar-refractivity contribution in [3.63, 3.8) is 0 Å². The number of amides is 1. The number of hydrogen-bond acceptors (Lipinski definition) is 3. The Labute approximate surface area is 149 Å². The highest BCUT2D eigenvalue weighted by Gasteiger charge is 2.27. The molecule has 4 rings (SSSR count). The second-order valence-electron chi connectivity index (χ2n) is 6.23. The van der Waals surface area contributed by atoms with Gasteiger partial charge >= 0.3 is 0 Å². The number of fused-ring (bicyclic) bond motifs is 1. The number of piperidine rings is 1. The molecule has 3 heterocycles. The van der Waals surface area contributed by atoms with Crippen molar-refractivity contribution in [1.82, 2.24) is 14.5 Å². The van der Waals surface area contributed by atoms with E-state index in [1.54, 1.807) is 11.3 Å². The number of aryl methyl sites for hydroxylation is 1. The predicted molar refractivity (Wildman–Crippen MR) is 97.9 cm³/mol. The first-order valence-corrected chi connectivity index (χ1v) is 9.28. The van der Waals surface area contributed by atoms with Crippen molar-refractivity contribution >= 4 is 39.1 Å². The van der Waals surface area contributed by atoms with Crippen LogP contribution in [0.25, 0.3) is 10.2 Å². The molecule has 1 saturated heterocycles. The fraction of sp³-hybridized carbons (Fsp3) is 0.333. The summed E-state index contributed by atoms with van der Waals surface area (Å²) in [4.78, 5) is 19.3. The third kappa shape index (κ3) is 2.82. The molecule has 124 valence electrons. The molecule has 1 amide bonds. The number of benzene rings is 1. The molecule has 24 heavy (non-hydrogen) atoms. The summed E-state index contributed by atoms with van der Waals surface area (Å²) in [6.07, 6.45) is 3.83. The Bertz CT molecular complexity index is 893. The van der Waals surface area contributed by atoms with Crippen LogP contribution in [0.4, 0.5) is 0 Å². The molecule has 0 radical (unpaired) electrons. The normalized spacial score (nSPS) is 16.0. The van der Waals surface area contributed by atoms with Crippen LogP contribution in [0, 0.1) is 0 Å². The van der Waals surface area contributed by atoms with Gasteiger partial charge in [0.25, 0.3) is 5.91 Å². The molecule has 0 bridgehead atoms. The summed E-state index contributed by atoms with van der Waals surface area (Å²) < 4.78 is 3.06. The van der Waals surface area contributed by atoms with Crippen molar-refractivity contribution in [2.45, 2.75) is 18.8 Å². The standard InChI is InChI=1S/C18H18ClN3OS/c1-21-8-2-3-15(21)18(23)22-9-6-12(7-10-22)17-20-14-11-13(19)4-5-16(14)24-17/h2-5,8,11-12H,6-7,9-10H2,1H3. The molecular weight excluding hydrogens is 342 g/mol. The zero-order chi connectivity index (χ0) is 16.7. The van der Waals surface area contributed by atoms with Crippen LogP contribution in [-0.4, -0.2) is 33.4 Å². The van der Waals surface area contributed by atoms with Gasteiger partial charge in [0.1, 0.15) is 5.69 Å². The van der Waals surface area contributed by atoms with E-state index in [1.807, 2.05) is 53.0 Å². The minimum absolute atomic E-state index is 0.122. The van der Waals surface area contributed by atoms with Crippen molar-refractivity contribution < 1.29 is 4.79 Å². The SMILES string of the molecule is Cn1cccc1C(=O)N1CCC(c2nc3cc(Cl)ccc3s2)CC1. The molecular formula is C18H18ClN3OS. The minimum Gasteiger partial charge on any atom is -0.347 e. The molecule has 6 heteroatoms. The second-order valence-corrected chi connectivity index (χ2v) is 7.73. The molecule has 1 fully saturated rings. The molecule has 0 spiro atoms. The Morgan fingerprint density at radius 3 is 2.79 bits per heavy atom. The van der Waals surface area contributed by atoms with Gasteiger partial charge < -0.3 is 9.47 Å². The van der Waals surface area contributed by atoms with Gasteiger partial charge in [-0.25, -0.2) is 4.98 Å². The smallest absolute Gasteiger partial charge is 0.270 e. The van der Waals surface area contributed by atoms with E-state index in [9.17, 15) is 4.79 Å². The van der Waals surface area contributed by atoms with Crippen LogP contribution in [-0.2, 0) is 7.05 Å². The number of thiazole rings is 1. The highest BCUT2D eigenvalue weighted by atomic mass is 35.5. The molecule has 4 nitrogen and oxygen atoms in total. The monoisotopic (exact) mass is 359 g/mol.